The lowest BCUT2D eigenvalue weighted by molar-refractivity contribution is 0.660. The normalized spacial score (nSPS) is 12.8. The third kappa shape index (κ3) is 4.22. The minimum absolute atomic E-state index is 0.188. The zero-order valence-corrected chi connectivity index (χ0v) is 23.0. The fraction of sp³-hybridized carbons (Fsp3) is 0.0789. The number of fused-ring (bicyclic) bond motifs is 3. The summed E-state index contributed by atoms with van der Waals surface area (Å²) in [5, 5.41) is 9.79. The molecule has 0 spiro atoms. The van der Waals surface area contributed by atoms with Gasteiger partial charge in [0.1, 0.15) is 0 Å². The molecule has 1 aliphatic carbocycles. The Kier molecular flexibility index (Phi) is 5.84. The van der Waals surface area contributed by atoms with Crippen LogP contribution in [0.2, 0.25) is 0 Å². The van der Waals surface area contributed by atoms with Crippen molar-refractivity contribution in [3.63, 3.8) is 0 Å². The average Bonchev–Trinajstić information content (AvgIpc) is 3.27. The number of hydrogen-bond donors (Lipinski definition) is 0. The first-order chi connectivity index (χ1) is 20.0. The number of nitrogens with zero attached hydrogens (tertiary/aromatic N) is 3. The largest absolute Gasteiger partial charge is 0.228 e. The van der Waals surface area contributed by atoms with E-state index in [1.807, 2.05) is 60.7 Å². The second-order valence-electron chi connectivity index (χ2n) is 11.0. The van der Waals surface area contributed by atoms with Crippen molar-refractivity contribution in [3.8, 4) is 62.2 Å². The van der Waals surface area contributed by atoms with Gasteiger partial charge in [0, 0.05) is 27.7 Å². The van der Waals surface area contributed by atoms with Gasteiger partial charge in [-0.1, -0.05) is 117 Å². The van der Waals surface area contributed by atoms with Gasteiger partial charge >= 0.3 is 0 Å². The van der Waals surface area contributed by atoms with E-state index in [1.165, 1.54) is 11.1 Å². The standard InChI is InChI=1S/C38H27N3/c1-38(2)32-18-10-17-30(24-39)36(32)31-20-19-28(22-33(31)38)27-15-9-16-29(21-27)35-23-34(25-11-5-3-6-12-25)40-37(41-35)26-13-7-4-8-14-26/h3-23H,1-2H3. The molecule has 5 aromatic carbocycles. The van der Waals surface area contributed by atoms with E-state index in [0.717, 1.165) is 55.9 Å². The fourth-order valence-electron chi connectivity index (χ4n) is 5.99. The van der Waals surface area contributed by atoms with Crippen LogP contribution in [0, 0.1) is 11.3 Å². The minimum atomic E-state index is -0.188. The van der Waals surface area contributed by atoms with E-state index >= 15 is 0 Å². The molecule has 194 valence electrons. The summed E-state index contributed by atoms with van der Waals surface area (Å²) < 4.78 is 0. The van der Waals surface area contributed by atoms with Crippen molar-refractivity contribution in [1.29, 1.82) is 5.26 Å². The summed E-state index contributed by atoms with van der Waals surface area (Å²) in [5.74, 6) is 0.706. The molecule has 41 heavy (non-hydrogen) atoms. The Balaban J connectivity index is 1.34. The van der Waals surface area contributed by atoms with E-state index in [4.69, 9.17) is 9.97 Å². The van der Waals surface area contributed by atoms with Crippen LogP contribution in [-0.4, -0.2) is 9.97 Å². The van der Waals surface area contributed by atoms with Gasteiger partial charge < -0.3 is 0 Å². The van der Waals surface area contributed by atoms with Gasteiger partial charge in [-0.3, -0.25) is 0 Å². The smallest absolute Gasteiger partial charge is 0.160 e. The summed E-state index contributed by atoms with van der Waals surface area (Å²) in [6.07, 6.45) is 0. The van der Waals surface area contributed by atoms with E-state index in [2.05, 4.69) is 86.6 Å². The zero-order chi connectivity index (χ0) is 28.0. The predicted molar refractivity (Wildman–Crippen MR) is 166 cm³/mol. The highest BCUT2D eigenvalue weighted by Crippen LogP contribution is 2.50. The summed E-state index contributed by atoms with van der Waals surface area (Å²) >= 11 is 0. The summed E-state index contributed by atoms with van der Waals surface area (Å²) in [5.41, 5.74) is 12.3. The van der Waals surface area contributed by atoms with Gasteiger partial charge in [-0.05, 0) is 52.1 Å². The summed E-state index contributed by atoms with van der Waals surface area (Å²) in [6.45, 7) is 4.49. The molecular formula is C38H27N3. The Bertz CT molecular complexity index is 1910. The maximum absolute atomic E-state index is 9.79. The van der Waals surface area contributed by atoms with E-state index in [1.54, 1.807) is 0 Å². The maximum atomic E-state index is 9.79. The summed E-state index contributed by atoms with van der Waals surface area (Å²) in [7, 11) is 0. The van der Waals surface area contributed by atoms with Crippen LogP contribution < -0.4 is 0 Å². The monoisotopic (exact) mass is 525 g/mol. The van der Waals surface area contributed by atoms with E-state index in [-0.39, 0.29) is 5.41 Å². The van der Waals surface area contributed by atoms with Crippen molar-refractivity contribution in [1.82, 2.24) is 9.97 Å². The van der Waals surface area contributed by atoms with E-state index in [0.29, 0.717) is 5.82 Å². The molecule has 0 N–H and O–H groups in total. The average molecular weight is 526 g/mol. The van der Waals surface area contributed by atoms with E-state index in [9.17, 15) is 5.26 Å². The molecule has 0 atom stereocenters. The van der Waals surface area contributed by atoms with Crippen molar-refractivity contribution >= 4 is 0 Å². The molecular weight excluding hydrogens is 498 g/mol. The van der Waals surface area contributed by atoms with Crippen molar-refractivity contribution < 1.29 is 0 Å². The molecule has 0 unspecified atom stereocenters. The number of hydrogen-bond acceptors (Lipinski definition) is 3. The molecule has 1 heterocycles. The van der Waals surface area contributed by atoms with Gasteiger partial charge in [-0.2, -0.15) is 5.26 Å². The maximum Gasteiger partial charge on any atom is 0.160 e. The van der Waals surface area contributed by atoms with Crippen LogP contribution in [0.15, 0.2) is 127 Å². The Labute approximate surface area is 240 Å². The number of nitriles is 1. The molecule has 0 fully saturated rings. The second-order valence-corrected chi connectivity index (χ2v) is 11.0. The van der Waals surface area contributed by atoms with Gasteiger partial charge in [0.05, 0.1) is 23.0 Å². The molecule has 0 aliphatic heterocycles. The lowest BCUT2D eigenvalue weighted by Crippen LogP contribution is -2.15. The SMILES string of the molecule is CC1(C)c2cc(-c3cccc(-c4cc(-c5ccccc5)nc(-c5ccccc5)n4)c3)ccc2-c2c(C#N)cccc21. The lowest BCUT2D eigenvalue weighted by Gasteiger charge is -2.22. The molecule has 0 saturated heterocycles. The molecule has 0 bridgehead atoms. The quantitative estimate of drug-likeness (QED) is 0.230. The molecule has 3 nitrogen and oxygen atoms in total. The minimum Gasteiger partial charge on any atom is -0.228 e. The van der Waals surface area contributed by atoms with Crippen LogP contribution in [0.3, 0.4) is 0 Å². The Morgan fingerprint density at radius 2 is 1.15 bits per heavy atom. The van der Waals surface area contributed by atoms with Gasteiger partial charge in [-0.25, -0.2) is 9.97 Å². The van der Waals surface area contributed by atoms with Crippen LogP contribution in [0.5, 0.6) is 0 Å². The number of aromatic nitrogens is 2. The predicted octanol–water partition coefficient (Wildman–Crippen LogP) is 9.32. The highest BCUT2D eigenvalue weighted by atomic mass is 14.9. The van der Waals surface area contributed by atoms with Gasteiger partial charge in [0.15, 0.2) is 5.82 Å². The van der Waals surface area contributed by atoms with Gasteiger partial charge in [0.2, 0.25) is 0 Å². The molecule has 7 rings (SSSR count). The Hall–Kier alpha value is -5.33. The van der Waals surface area contributed by atoms with Crippen molar-refractivity contribution in [3.05, 3.63) is 144 Å². The molecule has 0 amide bonds. The molecule has 0 radical (unpaired) electrons. The highest BCUT2D eigenvalue weighted by molar-refractivity contribution is 5.87. The van der Waals surface area contributed by atoms with Crippen molar-refractivity contribution in [2.24, 2.45) is 0 Å². The summed E-state index contributed by atoms with van der Waals surface area (Å²) in [6, 6.07) is 46.1. The topological polar surface area (TPSA) is 49.6 Å². The van der Waals surface area contributed by atoms with Crippen LogP contribution in [0.4, 0.5) is 0 Å². The highest BCUT2D eigenvalue weighted by Gasteiger charge is 2.36. The van der Waals surface area contributed by atoms with Crippen LogP contribution in [-0.2, 0) is 5.41 Å². The van der Waals surface area contributed by atoms with Crippen LogP contribution in [0.1, 0.15) is 30.5 Å². The van der Waals surface area contributed by atoms with Crippen molar-refractivity contribution in [2.45, 2.75) is 19.3 Å². The van der Waals surface area contributed by atoms with Crippen LogP contribution in [0.25, 0.3) is 56.2 Å². The number of benzene rings is 5. The molecule has 0 saturated carbocycles. The van der Waals surface area contributed by atoms with Crippen LogP contribution >= 0.6 is 0 Å². The third-order valence-electron chi connectivity index (χ3n) is 8.14. The fourth-order valence-corrected chi connectivity index (χ4v) is 5.99. The first-order valence-electron chi connectivity index (χ1n) is 13.8. The molecule has 1 aromatic heterocycles. The van der Waals surface area contributed by atoms with Gasteiger partial charge in [-0.15, -0.1) is 0 Å². The second kappa shape index (κ2) is 9.70. The zero-order valence-electron chi connectivity index (χ0n) is 23.0. The molecule has 1 aliphatic rings. The first kappa shape index (κ1) is 24.7. The van der Waals surface area contributed by atoms with E-state index < -0.39 is 0 Å². The number of rotatable bonds is 4. The molecule has 3 heteroatoms. The summed E-state index contributed by atoms with van der Waals surface area (Å²) in [4.78, 5) is 9.95. The Morgan fingerprint density at radius 3 is 1.88 bits per heavy atom. The molecule has 6 aromatic rings. The lowest BCUT2D eigenvalue weighted by atomic mass is 9.81. The first-order valence-corrected chi connectivity index (χ1v) is 13.8. The Morgan fingerprint density at radius 1 is 0.537 bits per heavy atom. The van der Waals surface area contributed by atoms with Crippen molar-refractivity contribution in [2.75, 3.05) is 0 Å². The third-order valence-corrected chi connectivity index (χ3v) is 8.14. The van der Waals surface area contributed by atoms with Gasteiger partial charge in [0.25, 0.3) is 0 Å².